The zero-order valence-corrected chi connectivity index (χ0v) is 10.2. The van der Waals surface area contributed by atoms with E-state index in [1.807, 2.05) is 30.3 Å². The van der Waals surface area contributed by atoms with E-state index >= 15 is 0 Å². The maximum Gasteiger partial charge on any atom is 0.303 e. The standard InChI is InChI=1S/C14H19NO2/c1-11(16)17-14(12-5-3-2-4-6-12)13-7-9-15-10-8-13/h2-6,13-15H,7-10H2,1H3/t14-/m1/s1. The number of rotatable bonds is 3. The molecule has 17 heavy (non-hydrogen) atoms. The van der Waals surface area contributed by atoms with E-state index in [9.17, 15) is 4.79 Å². The predicted molar refractivity (Wildman–Crippen MR) is 66.5 cm³/mol. The van der Waals surface area contributed by atoms with Crippen molar-refractivity contribution in [2.75, 3.05) is 13.1 Å². The molecule has 0 spiro atoms. The smallest absolute Gasteiger partial charge is 0.303 e. The fourth-order valence-corrected chi connectivity index (χ4v) is 2.40. The molecule has 3 nitrogen and oxygen atoms in total. The van der Waals surface area contributed by atoms with Crippen LogP contribution in [0.25, 0.3) is 0 Å². The lowest BCUT2D eigenvalue weighted by molar-refractivity contribution is -0.150. The van der Waals surface area contributed by atoms with Crippen molar-refractivity contribution >= 4 is 5.97 Å². The van der Waals surface area contributed by atoms with Crippen molar-refractivity contribution < 1.29 is 9.53 Å². The SMILES string of the molecule is CC(=O)O[C@H](c1ccccc1)C1CCNCC1. The molecule has 1 N–H and O–H groups in total. The number of nitrogens with one attached hydrogen (secondary N) is 1. The van der Waals surface area contributed by atoms with Gasteiger partial charge in [-0.3, -0.25) is 4.79 Å². The number of piperidine rings is 1. The first kappa shape index (κ1) is 12.1. The second-order valence-corrected chi connectivity index (χ2v) is 4.53. The van der Waals surface area contributed by atoms with Crippen LogP contribution in [0.15, 0.2) is 30.3 Å². The van der Waals surface area contributed by atoms with Crippen molar-refractivity contribution in [3.8, 4) is 0 Å². The first-order chi connectivity index (χ1) is 8.27. The largest absolute Gasteiger partial charge is 0.457 e. The summed E-state index contributed by atoms with van der Waals surface area (Å²) < 4.78 is 5.51. The van der Waals surface area contributed by atoms with Crippen LogP contribution in [0.2, 0.25) is 0 Å². The van der Waals surface area contributed by atoms with Crippen molar-refractivity contribution in [2.24, 2.45) is 5.92 Å². The second kappa shape index (κ2) is 5.82. The summed E-state index contributed by atoms with van der Waals surface area (Å²) in [7, 11) is 0. The molecule has 3 heteroatoms. The molecule has 1 aliphatic rings. The van der Waals surface area contributed by atoms with E-state index in [0.29, 0.717) is 5.92 Å². The van der Waals surface area contributed by atoms with Gasteiger partial charge in [0.15, 0.2) is 0 Å². The van der Waals surface area contributed by atoms with E-state index in [1.54, 1.807) is 0 Å². The molecule has 1 atom stereocenters. The fraction of sp³-hybridized carbons (Fsp3) is 0.500. The van der Waals surface area contributed by atoms with E-state index in [2.05, 4.69) is 5.32 Å². The monoisotopic (exact) mass is 233 g/mol. The Hall–Kier alpha value is -1.35. The van der Waals surface area contributed by atoms with Crippen molar-refractivity contribution in [3.63, 3.8) is 0 Å². The molecule has 1 aromatic rings. The number of carbonyl (C=O) groups excluding carboxylic acids is 1. The van der Waals surface area contributed by atoms with Gasteiger partial charge in [0.05, 0.1) is 0 Å². The average molecular weight is 233 g/mol. The van der Waals surface area contributed by atoms with Crippen molar-refractivity contribution in [1.29, 1.82) is 0 Å². The molecule has 1 saturated heterocycles. The molecule has 1 aliphatic heterocycles. The van der Waals surface area contributed by atoms with Gasteiger partial charge in [-0.2, -0.15) is 0 Å². The third-order valence-electron chi connectivity index (χ3n) is 3.23. The number of ether oxygens (including phenoxy) is 1. The minimum Gasteiger partial charge on any atom is -0.457 e. The summed E-state index contributed by atoms with van der Waals surface area (Å²) in [5.74, 6) is 0.236. The molecular formula is C14H19NO2. The Morgan fingerprint density at radius 1 is 1.29 bits per heavy atom. The van der Waals surface area contributed by atoms with Crippen molar-refractivity contribution in [2.45, 2.75) is 25.9 Å². The first-order valence-electron chi connectivity index (χ1n) is 6.20. The molecule has 2 rings (SSSR count). The summed E-state index contributed by atoms with van der Waals surface area (Å²) in [5.41, 5.74) is 1.11. The van der Waals surface area contributed by atoms with Crippen LogP contribution in [0.3, 0.4) is 0 Å². The molecule has 0 unspecified atom stereocenters. The van der Waals surface area contributed by atoms with Crippen LogP contribution in [0.4, 0.5) is 0 Å². The number of carbonyl (C=O) groups is 1. The molecule has 0 saturated carbocycles. The lowest BCUT2D eigenvalue weighted by Gasteiger charge is -2.30. The topological polar surface area (TPSA) is 38.3 Å². The highest BCUT2D eigenvalue weighted by atomic mass is 16.5. The van der Waals surface area contributed by atoms with Crippen LogP contribution < -0.4 is 5.32 Å². The summed E-state index contributed by atoms with van der Waals surface area (Å²) in [6.07, 6.45) is 2.04. The van der Waals surface area contributed by atoms with Gasteiger partial charge >= 0.3 is 5.97 Å². The third-order valence-corrected chi connectivity index (χ3v) is 3.23. The Kier molecular flexibility index (Phi) is 4.15. The highest BCUT2D eigenvalue weighted by molar-refractivity contribution is 5.66. The van der Waals surface area contributed by atoms with E-state index < -0.39 is 0 Å². The average Bonchev–Trinajstić information content (AvgIpc) is 2.38. The minimum absolute atomic E-state index is 0.0872. The Balaban J connectivity index is 2.15. The van der Waals surface area contributed by atoms with Gasteiger partial charge in [-0.15, -0.1) is 0 Å². The predicted octanol–water partition coefficient (Wildman–Crippen LogP) is 2.29. The molecule has 0 amide bonds. The van der Waals surface area contributed by atoms with Crippen molar-refractivity contribution in [3.05, 3.63) is 35.9 Å². The zero-order chi connectivity index (χ0) is 12.1. The second-order valence-electron chi connectivity index (χ2n) is 4.53. The van der Waals surface area contributed by atoms with Gasteiger partial charge in [0.1, 0.15) is 6.10 Å². The van der Waals surface area contributed by atoms with Gasteiger partial charge in [0, 0.05) is 12.8 Å². The molecule has 1 aromatic carbocycles. The van der Waals surface area contributed by atoms with Crippen LogP contribution in [-0.4, -0.2) is 19.1 Å². The molecule has 0 aliphatic carbocycles. The van der Waals surface area contributed by atoms with Crippen LogP contribution in [0.1, 0.15) is 31.4 Å². The van der Waals surface area contributed by atoms with E-state index in [-0.39, 0.29) is 12.1 Å². The summed E-state index contributed by atoms with van der Waals surface area (Å²) in [6.45, 7) is 3.50. The van der Waals surface area contributed by atoms with Gasteiger partial charge in [-0.1, -0.05) is 30.3 Å². The zero-order valence-electron chi connectivity index (χ0n) is 10.2. The fourth-order valence-electron chi connectivity index (χ4n) is 2.40. The van der Waals surface area contributed by atoms with Gasteiger partial charge in [-0.25, -0.2) is 0 Å². The van der Waals surface area contributed by atoms with Crippen LogP contribution in [0, 0.1) is 5.92 Å². The highest BCUT2D eigenvalue weighted by Crippen LogP contribution is 2.32. The summed E-state index contributed by atoms with van der Waals surface area (Å²) in [4.78, 5) is 11.2. The number of hydrogen-bond donors (Lipinski definition) is 1. The molecule has 0 aromatic heterocycles. The van der Waals surface area contributed by atoms with Gasteiger partial charge in [-0.05, 0) is 31.5 Å². The molecule has 92 valence electrons. The summed E-state index contributed by atoms with van der Waals surface area (Å²) >= 11 is 0. The summed E-state index contributed by atoms with van der Waals surface area (Å²) in [6, 6.07) is 10.0. The Morgan fingerprint density at radius 3 is 2.53 bits per heavy atom. The number of benzene rings is 1. The molecule has 0 radical (unpaired) electrons. The Bertz CT molecular complexity index is 358. The van der Waals surface area contributed by atoms with Crippen LogP contribution >= 0.6 is 0 Å². The maximum absolute atomic E-state index is 11.2. The number of hydrogen-bond acceptors (Lipinski definition) is 3. The van der Waals surface area contributed by atoms with E-state index in [1.165, 1.54) is 6.92 Å². The van der Waals surface area contributed by atoms with Crippen molar-refractivity contribution in [1.82, 2.24) is 5.32 Å². The van der Waals surface area contributed by atoms with Gasteiger partial charge < -0.3 is 10.1 Å². The molecule has 1 heterocycles. The normalized spacial score (nSPS) is 18.6. The molecule has 1 fully saturated rings. The van der Waals surface area contributed by atoms with E-state index in [4.69, 9.17) is 4.74 Å². The lowest BCUT2D eigenvalue weighted by Crippen LogP contribution is -2.32. The quantitative estimate of drug-likeness (QED) is 0.814. The molecule has 0 bridgehead atoms. The maximum atomic E-state index is 11.2. The lowest BCUT2D eigenvalue weighted by atomic mass is 9.88. The van der Waals surface area contributed by atoms with Gasteiger partial charge in [0.2, 0.25) is 0 Å². The Morgan fingerprint density at radius 2 is 1.94 bits per heavy atom. The van der Waals surface area contributed by atoms with E-state index in [0.717, 1.165) is 31.5 Å². The van der Waals surface area contributed by atoms with Gasteiger partial charge in [0.25, 0.3) is 0 Å². The Labute approximate surface area is 102 Å². The van der Waals surface area contributed by atoms with Crippen LogP contribution in [0.5, 0.6) is 0 Å². The first-order valence-corrected chi connectivity index (χ1v) is 6.20. The minimum atomic E-state index is -0.197. The third kappa shape index (κ3) is 3.30. The highest BCUT2D eigenvalue weighted by Gasteiger charge is 2.27. The summed E-state index contributed by atoms with van der Waals surface area (Å²) in [5, 5.41) is 3.33. The molecular weight excluding hydrogens is 214 g/mol. The van der Waals surface area contributed by atoms with Crippen LogP contribution in [-0.2, 0) is 9.53 Å². The number of esters is 1.